The molecule has 0 unspecified atom stereocenters. The normalized spacial score (nSPS) is 19.2. The number of nitrogens with one attached hydrogen (secondary N) is 2. The molecule has 0 saturated carbocycles. The third kappa shape index (κ3) is 2.65. The molecule has 1 aromatic carbocycles. The van der Waals surface area contributed by atoms with Gasteiger partial charge in [0.05, 0.1) is 0 Å². The predicted molar refractivity (Wildman–Crippen MR) is 64.5 cm³/mol. The number of nitrogens with two attached hydrogens (primary N) is 1. The second-order valence-corrected chi connectivity index (χ2v) is 4.10. The molecule has 1 aromatic rings. The van der Waals surface area contributed by atoms with Crippen molar-refractivity contribution >= 4 is 23.4 Å². The molecule has 0 radical (unpaired) electrons. The van der Waals surface area contributed by atoms with Crippen molar-refractivity contribution in [3.8, 4) is 0 Å². The highest BCUT2D eigenvalue weighted by molar-refractivity contribution is 6.03. The lowest BCUT2D eigenvalue weighted by Crippen LogP contribution is -2.52. The Kier molecular flexibility index (Phi) is 3.27. The first-order chi connectivity index (χ1) is 8.56. The van der Waals surface area contributed by atoms with E-state index in [-0.39, 0.29) is 18.2 Å². The summed E-state index contributed by atoms with van der Waals surface area (Å²) in [6, 6.07) is 5.80. The lowest BCUT2D eigenvalue weighted by atomic mass is 10.1. The lowest BCUT2D eigenvalue weighted by molar-refractivity contribution is -0.134. The predicted octanol–water partition coefficient (Wildman–Crippen LogP) is -0.196. The number of nitrogen functional groups attached to an aromatic ring is 1. The van der Waals surface area contributed by atoms with E-state index < -0.39 is 11.9 Å². The Morgan fingerprint density at radius 2 is 2.17 bits per heavy atom. The molecule has 1 aliphatic heterocycles. The van der Waals surface area contributed by atoms with E-state index in [1.54, 1.807) is 18.2 Å². The molecule has 3 amide bonds. The molecule has 1 saturated heterocycles. The summed E-state index contributed by atoms with van der Waals surface area (Å²) in [6.45, 7) is 0. The number of hydrogen-bond acceptors (Lipinski definition) is 4. The molecule has 6 nitrogen and oxygen atoms in total. The van der Waals surface area contributed by atoms with Gasteiger partial charge in [0.25, 0.3) is 5.91 Å². The first-order valence-electron chi connectivity index (χ1n) is 5.56. The van der Waals surface area contributed by atoms with Gasteiger partial charge in [0.1, 0.15) is 6.04 Å². The molecule has 1 heterocycles. The van der Waals surface area contributed by atoms with Crippen LogP contribution in [0.5, 0.6) is 0 Å². The van der Waals surface area contributed by atoms with Gasteiger partial charge in [-0.15, -0.1) is 0 Å². The van der Waals surface area contributed by atoms with Gasteiger partial charge < -0.3 is 11.1 Å². The zero-order valence-corrected chi connectivity index (χ0v) is 9.60. The summed E-state index contributed by atoms with van der Waals surface area (Å²) >= 11 is 0. The first kappa shape index (κ1) is 12.1. The van der Waals surface area contributed by atoms with Crippen LogP contribution in [0.3, 0.4) is 0 Å². The van der Waals surface area contributed by atoms with Gasteiger partial charge in [-0.1, -0.05) is 6.07 Å². The standard InChI is InChI=1S/C12H13N3O3/c13-8-3-1-2-7(6-8)11(17)14-9-4-5-10(16)15-12(9)18/h1-3,6,9H,4-5,13H2,(H,14,17)(H,15,16,18)/t9-/m0/s1. The minimum Gasteiger partial charge on any atom is -0.399 e. The second kappa shape index (κ2) is 4.87. The van der Waals surface area contributed by atoms with E-state index in [0.29, 0.717) is 17.7 Å². The number of piperidine rings is 1. The van der Waals surface area contributed by atoms with Gasteiger partial charge in [-0.25, -0.2) is 0 Å². The van der Waals surface area contributed by atoms with Crippen LogP contribution in [-0.2, 0) is 9.59 Å². The number of benzene rings is 1. The molecule has 94 valence electrons. The van der Waals surface area contributed by atoms with Gasteiger partial charge in [-0.05, 0) is 24.6 Å². The molecule has 0 aliphatic carbocycles. The summed E-state index contributed by atoms with van der Waals surface area (Å²) in [4.78, 5) is 34.3. The maximum absolute atomic E-state index is 11.9. The van der Waals surface area contributed by atoms with Crippen molar-refractivity contribution in [2.24, 2.45) is 0 Å². The molecule has 4 N–H and O–H groups in total. The second-order valence-electron chi connectivity index (χ2n) is 4.10. The van der Waals surface area contributed by atoms with Crippen LogP contribution in [0.4, 0.5) is 5.69 Å². The number of hydrogen-bond donors (Lipinski definition) is 3. The quantitative estimate of drug-likeness (QED) is 0.497. The van der Waals surface area contributed by atoms with E-state index in [9.17, 15) is 14.4 Å². The molecule has 1 aliphatic rings. The fraction of sp³-hybridized carbons (Fsp3) is 0.250. The zero-order valence-electron chi connectivity index (χ0n) is 9.60. The summed E-state index contributed by atoms with van der Waals surface area (Å²) in [5.74, 6) is -1.16. The highest BCUT2D eigenvalue weighted by Gasteiger charge is 2.27. The van der Waals surface area contributed by atoms with Crippen LogP contribution in [0.15, 0.2) is 24.3 Å². The maximum atomic E-state index is 11.9. The summed E-state index contributed by atoms with van der Waals surface area (Å²) in [7, 11) is 0. The Balaban J connectivity index is 2.03. The van der Waals surface area contributed by atoms with Crippen LogP contribution >= 0.6 is 0 Å². The van der Waals surface area contributed by atoms with Crippen LogP contribution in [0, 0.1) is 0 Å². The van der Waals surface area contributed by atoms with E-state index >= 15 is 0 Å². The average molecular weight is 247 g/mol. The number of anilines is 1. The van der Waals surface area contributed by atoms with Crippen molar-refractivity contribution in [2.45, 2.75) is 18.9 Å². The first-order valence-corrected chi connectivity index (χ1v) is 5.56. The van der Waals surface area contributed by atoms with Crippen LogP contribution in [-0.4, -0.2) is 23.8 Å². The van der Waals surface area contributed by atoms with Gasteiger partial charge in [0.2, 0.25) is 11.8 Å². The van der Waals surface area contributed by atoms with Gasteiger partial charge >= 0.3 is 0 Å². The smallest absolute Gasteiger partial charge is 0.252 e. The number of amides is 3. The van der Waals surface area contributed by atoms with Crippen molar-refractivity contribution in [1.29, 1.82) is 0 Å². The Labute approximate surface area is 104 Å². The number of imide groups is 1. The van der Waals surface area contributed by atoms with Gasteiger partial charge in [0.15, 0.2) is 0 Å². The fourth-order valence-electron chi connectivity index (χ4n) is 1.75. The lowest BCUT2D eigenvalue weighted by Gasteiger charge is -2.21. The van der Waals surface area contributed by atoms with Crippen molar-refractivity contribution in [2.75, 3.05) is 5.73 Å². The molecule has 0 aromatic heterocycles. The minimum absolute atomic E-state index is 0.230. The molecular formula is C12H13N3O3. The summed E-state index contributed by atoms with van der Waals surface area (Å²) < 4.78 is 0. The van der Waals surface area contributed by atoms with Crippen LogP contribution < -0.4 is 16.4 Å². The Morgan fingerprint density at radius 1 is 1.39 bits per heavy atom. The Bertz CT molecular complexity index is 513. The zero-order chi connectivity index (χ0) is 13.1. The van der Waals surface area contributed by atoms with Crippen molar-refractivity contribution in [3.05, 3.63) is 29.8 Å². The number of carbonyl (C=O) groups excluding carboxylic acids is 3. The van der Waals surface area contributed by atoms with E-state index in [1.165, 1.54) is 6.07 Å². The van der Waals surface area contributed by atoms with E-state index in [4.69, 9.17) is 5.73 Å². The molecule has 6 heteroatoms. The highest BCUT2D eigenvalue weighted by atomic mass is 16.2. The van der Waals surface area contributed by atoms with Crippen molar-refractivity contribution in [1.82, 2.24) is 10.6 Å². The monoisotopic (exact) mass is 247 g/mol. The van der Waals surface area contributed by atoms with E-state index in [2.05, 4.69) is 10.6 Å². The highest BCUT2D eigenvalue weighted by Crippen LogP contribution is 2.09. The van der Waals surface area contributed by atoms with Crippen molar-refractivity contribution < 1.29 is 14.4 Å². The van der Waals surface area contributed by atoms with Crippen molar-refractivity contribution in [3.63, 3.8) is 0 Å². The molecule has 0 bridgehead atoms. The molecule has 0 spiro atoms. The van der Waals surface area contributed by atoms with Gasteiger partial charge in [0, 0.05) is 17.7 Å². The molecule has 1 fully saturated rings. The van der Waals surface area contributed by atoms with Gasteiger partial charge in [-0.3, -0.25) is 19.7 Å². The Hall–Kier alpha value is -2.37. The number of rotatable bonds is 2. The van der Waals surface area contributed by atoms with Crippen LogP contribution in [0.25, 0.3) is 0 Å². The van der Waals surface area contributed by atoms with Gasteiger partial charge in [-0.2, -0.15) is 0 Å². The van der Waals surface area contributed by atoms with E-state index in [1.807, 2.05) is 0 Å². The minimum atomic E-state index is -0.670. The summed E-state index contributed by atoms with van der Waals surface area (Å²) in [5.41, 5.74) is 6.44. The molecule has 1 atom stereocenters. The van der Waals surface area contributed by atoms with Crippen LogP contribution in [0.1, 0.15) is 23.2 Å². The SMILES string of the molecule is Nc1cccc(C(=O)N[C@H]2CCC(=O)NC2=O)c1. The van der Waals surface area contributed by atoms with E-state index in [0.717, 1.165) is 0 Å². The fourth-order valence-corrected chi connectivity index (χ4v) is 1.75. The largest absolute Gasteiger partial charge is 0.399 e. The molecule has 2 rings (SSSR count). The molecular weight excluding hydrogens is 234 g/mol. The Morgan fingerprint density at radius 3 is 2.83 bits per heavy atom. The maximum Gasteiger partial charge on any atom is 0.252 e. The topological polar surface area (TPSA) is 101 Å². The third-order valence-electron chi connectivity index (χ3n) is 2.69. The third-order valence-corrected chi connectivity index (χ3v) is 2.69. The number of carbonyl (C=O) groups is 3. The van der Waals surface area contributed by atoms with Crippen LogP contribution in [0.2, 0.25) is 0 Å². The summed E-state index contributed by atoms with van der Waals surface area (Å²) in [5, 5.41) is 4.75. The summed E-state index contributed by atoms with van der Waals surface area (Å²) in [6.07, 6.45) is 0.548. The molecule has 18 heavy (non-hydrogen) atoms. The average Bonchev–Trinajstić information content (AvgIpc) is 2.32.